The number of carbonyl (C=O) groups is 1. The predicted octanol–water partition coefficient (Wildman–Crippen LogP) is 2.53. The highest BCUT2D eigenvalue weighted by Crippen LogP contribution is 2.47. The molecule has 4 N–H and O–H groups in total. The summed E-state index contributed by atoms with van der Waals surface area (Å²) in [5.41, 5.74) is 13.3. The van der Waals surface area contributed by atoms with Gasteiger partial charge in [-0.15, -0.1) is 0 Å². The van der Waals surface area contributed by atoms with Crippen molar-refractivity contribution < 1.29 is 33.0 Å². The van der Waals surface area contributed by atoms with E-state index in [0.29, 0.717) is 5.39 Å². The first-order valence-corrected chi connectivity index (χ1v) is 13.0. The lowest BCUT2D eigenvalue weighted by atomic mass is 10.1. The monoisotopic (exact) mass is 557 g/mol. The van der Waals surface area contributed by atoms with Crippen molar-refractivity contribution >= 4 is 36.2 Å². The molecule has 15 nitrogen and oxygen atoms in total. The first kappa shape index (κ1) is 27.6. The number of esters is 1. The number of aromatic nitrogens is 2. The van der Waals surface area contributed by atoms with E-state index in [4.69, 9.17) is 29.8 Å². The summed E-state index contributed by atoms with van der Waals surface area (Å²) < 4.78 is 36.5. The number of ether oxygens (including phenoxy) is 2. The summed E-state index contributed by atoms with van der Waals surface area (Å²) in [5.74, 6) is -0.908. The Labute approximate surface area is 221 Å². The number of nitrogens with one attached hydrogen (secondary N) is 1. The number of carbonyl (C=O) groups excluding carboxylic acids is 1. The van der Waals surface area contributed by atoms with Crippen molar-refractivity contribution in [1.82, 2.24) is 14.6 Å². The van der Waals surface area contributed by atoms with Crippen LogP contribution < -0.4 is 21.0 Å². The van der Waals surface area contributed by atoms with Gasteiger partial charge in [0.15, 0.2) is 6.10 Å². The first-order valence-electron chi connectivity index (χ1n) is 11.4. The highest BCUT2D eigenvalue weighted by molar-refractivity contribution is 7.52. The largest absolute Gasteiger partial charge is 0.469 e. The first-order chi connectivity index (χ1) is 18.7. The van der Waals surface area contributed by atoms with E-state index in [-0.39, 0.29) is 23.1 Å². The van der Waals surface area contributed by atoms with Crippen LogP contribution >= 0.6 is 7.75 Å². The Hall–Kier alpha value is -4.39. The van der Waals surface area contributed by atoms with E-state index in [1.54, 1.807) is 24.3 Å². The number of nitrogen functional groups attached to an aromatic ring is 1. The number of benzene rings is 2. The number of fused-ring (bicyclic) bond motifs is 1. The number of rotatable bonds is 10. The second kappa shape index (κ2) is 11.6. The Kier molecular flexibility index (Phi) is 8.19. The van der Waals surface area contributed by atoms with Gasteiger partial charge in [0.2, 0.25) is 5.88 Å². The number of methoxy groups -OCH3 is 1. The van der Waals surface area contributed by atoms with Crippen LogP contribution in [0.15, 0.2) is 70.3 Å². The molecule has 204 valence electrons. The van der Waals surface area contributed by atoms with Crippen molar-refractivity contribution in [2.45, 2.75) is 25.2 Å². The topological polar surface area (TPSA) is 213 Å². The van der Waals surface area contributed by atoms with Crippen molar-refractivity contribution in [3.8, 4) is 5.75 Å². The number of aliphatic hydroxyl groups excluding tert-OH is 1. The summed E-state index contributed by atoms with van der Waals surface area (Å²) in [4.78, 5) is 30.6. The van der Waals surface area contributed by atoms with Gasteiger partial charge in [-0.1, -0.05) is 41.5 Å². The molecule has 4 atom stereocenters. The molecule has 16 heteroatoms. The van der Waals surface area contributed by atoms with Crippen molar-refractivity contribution in [1.29, 1.82) is 0 Å². The Morgan fingerprint density at radius 3 is 2.79 bits per heavy atom. The molecule has 1 aliphatic heterocycles. The van der Waals surface area contributed by atoms with Gasteiger partial charge >= 0.3 is 19.4 Å². The zero-order chi connectivity index (χ0) is 28.2. The van der Waals surface area contributed by atoms with Crippen LogP contribution in [0.1, 0.15) is 6.92 Å². The van der Waals surface area contributed by atoms with Gasteiger partial charge in [-0.25, -0.2) is 13.9 Å². The summed E-state index contributed by atoms with van der Waals surface area (Å²) in [6, 6.07) is 12.5. The molecule has 0 fully saturated rings. The molecule has 0 aliphatic carbocycles. The van der Waals surface area contributed by atoms with E-state index in [9.17, 15) is 19.3 Å². The fourth-order valence-corrected chi connectivity index (χ4v) is 5.25. The predicted molar refractivity (Wildman–Crippen MR) is 139 cm³/mol. The minimum absolute atomic E-state index is 0.0575. The van der Waals surface area contributed by atoms with Gasteiger partial charge in [0.05, 0.1) is 13.7 Å². The second-order valence-electron chi connectivity index (χ2n) is 8.22. The average molecular weight is 557 g/mol. The number of nitrogens with two attached hydrogens (primary N) is 1. The molecule has 0 radical (unpaired) electrons. The molecule has 4 rings (SSSR count). The van der Waals surface area contributed by atoms with Gasteiger partial charge < -0.3 is 24.8 Å². The summed E-state index contributed by atoms with van der Waals surface area (Å²) >= 11 is 0. The van der Waals surface area contributed by atoms with Gasteiger partial charge in [0.1, 0.15) is 29.4 Å². The van der Waals surface area contributed by atoms with E-state index < -0.39 is 44.3 Å². The fourth-order valence-electron chi connectivity index (χ4n) is 3.73. The van der Waals surface area contributed by atoms with E-state index in [1.165, 1.54) is 26.3 Å². The van der Waals surface area contributed by atoms with Gasteiger partial charge in [-0.05, 0) is 30.0 Å². The van der Waals surface area contributed by atoms with E-state index in [1.807, 2.05) is 18.2 Å². The fraction of sp³-hybridized carbons (Fsp3) is 0.261. The average Bonchev–Trinajstić information content (AvgIpc) is 3.22. The molecule has 2 heterocycles. The van der Waals surface area contributed by atoms with Crippen molar-refractivity contribution in [3.63, 3.8) is 0 Å². The molecule has 0 spiro atoms. The number of anilines is 1. The van der Waals surface area contributed by atoms with Crippen molar-refractivity contribution in [3.05, 3.63) is 81.4 Å². The molecule has 2 aromatic carbocycles. The van der Waals surface area contributed by atoms with Crippen molar-refractivity contribution in [2.75, 3.05) is 19.5 Å². The minimum atomic E-state index is -4.35. The Balaban J connectivity index is 1.62. The number of azide groups is 1. The highest BCUT2D eigenvalue weighted by Gasteiger charge is 2.40. The minimum Gasteiger partial charge on any atom is -0.469 e. The number of hydrogen-bond donors (Lipinski definition) is 3. The SMILES string of the molecule is COC(=O)[C@H](C)NP(=O)(OC[C@H]1OC(n2ccc(N)nc2=O)=C(N=[N+]=[N-])[C@@H]1O)Oc1cccc2ccccc12. The van der Waals surface area contributed by atoms with Crippen LogP contribution in [0, 0.1) is 0 Å². The molecule has 1 aliphatic rings. The highest BCUT2D eigenvalue weighted by atomic mass is 31.2. The number of aliphatic hydroxyl groups is 1. The van der Waals surface area contributed by atoms with Crippen LogP contribution in [-0.2, 0) is 23.4 Å². The molecule has 0 bridgehead atoms. The second-order valence-corrected chi connectivity index (χ2v) is 9.92. The van der Waals surface area contributed by atoms with Gasteiger partial charge in [-0.3, -0.25) is 9.32 Å². The zero-order valence-corrected chi connectivity index (χ0v) is 21.6. The lowest BCUT2D eigenvalue weighted by Gasteiger charge is -2.25. The summed E-state index contributed by atoms with van der Waals surface area (Å²) in [5, 5.41) is 18.2. The van der Waals surface area contributed by atoms with Gasteiger partial charge in [-0.2, -0.15) is 10.1 Å². The van der Waals surface area contributed by atoms with E-state index in [0.717, 1.165) is 9.95 Å². The smallest absolute Gasteiger partial charge is 0.459 e. The maximum atomic E-state index is 13.9. The third kappa shape index (κ3) is 6.03. The molecule has 1 unspecified atom stereocenters. The molecule has 0 amide bonds. The Morgan fingerprint density at radius 2 is 2.08 bits per heavy atom. The molecule has 3 aromatic rings. The van der Waals surface area contributed by atoms with Crippen LogP contribution in [0.5, 0.6) is 5.75 Å². The van der Waals surface area contributed by atoms with Gasteiger partial charge in [0.25, 0.3) is 0 Å². The quantitative estimate of drug-likeness (QED) is 0.108. The third-order valence-electron chi connectivity index (χ3n) is 5.59. The van der Waals surface area contributed by atoms with Crippen LogP contribution in [0.3, 0.4) is 0 Å². The number of nitrogens with zero attached hydrogens (tertiary/aromatic N) is 5. The van der Waals surface area contributed by atoms with Crippen molar-refractivity contribution in [2.24, 2.45) is 5.11 Å². The molecular formula is C23H24N7O8P. The molecule has 0 saturated heterocycles. The summed E-state index contributed by atoms with van der Waals surface area (Å²) in [6.07, 6.45) is -1.68. The summed E-state index contributed by atoms with van der Waals surface area (Å²) in [6.45, 7) is 0.810. The maximum absolute atomic E-state index is 13.9. The van der Waals surface area contributed by atoms with Crippen LogP contribution in [-0.4, -0.2) is 52.6 Å². The molecular weight excluding hydrogens is 533 g/mol. The number of hydrogen-bond acceptors (Lipinski definition) is 11. The van der Waals surface area contributed by atoms with Crippen LogP contribution in [0.2, 0.25) is 0 Å². The molecule has 39 heavy (non-hydrogen) atoms. The maximum Gasteiger partial charge on any atom is 0.459 e. The lowest BCUT2D eigenvalue weighted by Crippen LogP contribution is -2.36. The van der Waals surface area contributed by atoms with Crippen LogP contribution in [0.25, 0.3) is 27.1 Å². The molecule has 0 saturated carbocycles. The Morgan fingerprint density at radius 1 is 1.33 bits per heavy atom. The van der Waals surface area contributed by atoms with E-state index >= 15 is 0 Å². The lowest BCUT2D eigenvalue weighted by molar-refractivity contribution is -0.142. The Bertz CT molecular complexity index is 1580. The van der Waals surface area contributed by atoms with Gasteiger partial charge in [0, 0.05) is 16.5 Å². The zero-order valence-electron chi connectivity index (χ0n) is 20.7. The standard InChI is InChI=1S/C23H24N7O8P/c1-13(22(32)35-2)28-39(34,38-16-9-5-7-14-6-3-4-8-15(14)16)36-12-17-20(31)19(27-29-25)21(37-17)30-11-10-18(24)26-23(30)33/h3-11,13,17,20,31H,12H2,1-2H3,(H,28,34)(H2,24,26,33)/t13-,17+,20+,39?/m0/s1. The van der Waals surface area contributed by atoms with Crippen LogP contribution in [0.4, 0.5) is 5.82 Å². The normalized spacial score (nSPS) is 19.1. The third-order valence-corrected chi connectivity index (χ3v) is 7.22. The summed E-state index contributed by atoms with van der Waals surface area (Å²) in [7, 11) is -3.19. The van der Waals surface area contributed by atoms with E-state index in [2.05, 4.69) is 20.1 Å². The molecule has 1 aromatic heterocycles.